The summed E-state index contributed by atoms with van der Waals surface area (Å²) in [5.41, 5.74) is 6.07. The zero-order chi connectivity index (χ0) is 8.55. The SMILES string of the molecule is CC[C@H](N)C1CN2CCN1CC2. The number of rotatable bonds is 2. The van der Waals surface area contributed by atoms with Crippen LogP contribution in [0, 0.1) is 0 Å². The van der Waals surface area contributed by atoms with Crippen LogP contribution in [0.3, 0.4) is 0 Å². The van der Waals surface area contributed by atoms with Crippen LogP contribution in [0.4, 0.5) is 0 Å². The molecule has 0 aromatic carbocycles. The number of fused-ring (bicyclic) bond motifs is 3. The molecule has 3 aliphatic heterocycles. The first-order chi connectivity index (χ1) is 5.81. The lowest BCUT2D eigenvalue weighted by atomic mass is 9.99. The van der Waals surface area contributed by atoms with Crippen molar-refractivity contribution in [1.82, 2.24) is 9.80 Å². The molecule has 1 unspecified atom stereocenters. The zero-order valence-corrected chi connectivity index (χ0v) is 7.87. The van der Waals surface area contributed by atoms with E-state index in [0.29, 0.717) is 12.1 Å². The average Bonchev–Trinajstić information content (AvgIpc) is 2.18. The molecule has 0 aromatic heterocycles. The van der Waals surface area contributed by atoms with Gasteiger partial charge in [0.05, 0.1) is 0 Å². The van der Waals surface area contributed by atoms with E-state index in [2.05, 4.69) is 16.7 Å². The predicted molar refractivity (Wildman–Crippen MR) is 50.1 cm³/mol. The highest BCUT2D eigenvalue weighted by Crippen LogP contribution is 2.18. The third-order valence-electron chi connectivity index (χ3n) is 3.29. The van der Waals surface area contributed by atoms with Gasteiger partial charge in [-0.05, 0) is 6.42 Å². The number of hydrogen-bond acceptors (Lipinski definition) is 3. The molecule has 3 fully saturated rings. The fourth-order valence-electron chi connectivity index (χ4n) is 2.34. The number of hydrogen-bond donors (Lipinski definition) is 1. The number of piperazine rings is 3. The van der Waals surface area contributed by atoms with Crippen molar-refractivity contribution in [2.75, 3.05) is 32.7 Å². The summed E-state index contributed by atoms with van der Waals surface area (Å²) < 4.78 is 0. The lowest BCUT2D eigenvalue weighted by Gasteiger charge is -2.49. The van der Waals surface area contributed by atoms with Crippen LogP contribution >= 0.6 is 0 Å². The van der Waals surface area contributed by atoms with Crippen molar-refractivity contribution in [3.63, 3.8) is 0 Å². The van der Waals surface area contributed by atoms with Gasteiger partial charge < -0.3 is 5.73 Å². The Morgan fingerprint density at radius 3 is 2.42 bits per heavy atom. The molecule has 3 aliphatic rings. The Labute approximate surface area is 74.5 Å². The first-order valence-electron chi connectivity index (χ1n) is 5.03. The Kier molecular flexibility index (Phi) is 2.35. The molecule has 0 radical (unpaired) electrons. The van der Waals surface area contributed by atoms with Crippen molar-refractivity contribution in [3.05, 3.63) is 0 Å². The molecule has 0 spiro atoms. The van der Waals surface area contributed by atoms with Crippen LogP contribution in [0.15, 0.2) is 0 Å². The molecule has 3 nitrogen and oxygen atoms in total. The van der Waals surface area contributed by atoms with E-state index >= 15 is 0 Å². The summed E-state index contributed by atoms with van der Waals surface area (Å²) >= 11 is 0. The van der Waals surface area contributed by atoms with Gasteiger partial charge in [0.25, 0.3) is 0 Å². The lowest BCUT2D eigenvalue weighted by Crippen LogP contribution is -2.65. The molecule has 0 saturated carbocycles. The summed E-state index contributed by atoms with van der Waals surface area (Å²) in [6.45, 7) is 8.37. The summed E-state index contributed by atoms with van der Waals surface area (Å²) in [4.78, 5) is 5.11. The minimum Gasteiger partial charge on any atom is -0.326 e. The topological polar surface area (TPSA) is 32.5 Å². The van der Waals surface area contributed by atoms with Crippen LogP contribution in [0.25, 0.3) is 0 Å². The van der Waals surface area contributed by atoms with E-state index in [4.69, 9.17) is 5.73 Å². The summed E-state index contributed by atoms with van der Waals surface area (Å²) in [7, 11) is 0. The molecule has 0 aromatic rings. The van der Waals surface area contributed by atoms with Gasteiger partial charge in [0.15, 0.2) is 0 Å². The minimum absolute atomic E-state index is 0.382. The van der Waals surface area contributed by atoms with Crippen LogP contribution in [0.1, 0.15) is 13.3 Å². The van der Waals surface area contributed by atoms with E-state index in [0.717, 1.165) is 6.42 Å². The maximum absolute atomic E-state index is 6.07. The quantitative estimate of drug-likeness (QED) is 0.617. The Balaban J connectivity index is 1.99. The second-order valence-corrected chi connectivity index (χ2v) is 3.98. The van der Waals surface area contributed by atoms with Gasteiger partial charge in [-0.2, -0.15) is 0 Å². The fourth-order valence-corrected chi connectivity index (χ4v) is 2.34. The molecule has 2 N–H and O–H groups in total. The molecule has 2 bridgehead atoms. The zero-order valence-electron chi connectivity index (χ0n) is 7.87. The monoisotopic (exact) mass is 169 g/mol. The molecule has 3 rings (SSSR count). The summed E-state index contributed by atoms with van der Waals surface area (Å²) in [5.74, 6) is 0. The lowest BCUT2D eigenvalue weighted by molar-refractivity contribution is 0.00206. The van der Waals surface area contributed by atoms with Crippen molar-refractivity contribution in [3.8, 4) is 0 Å². The van der Waals surface area contributed by atoms with Crippen LogP contribution in [0.5, 0.6) is 0 Å². The molecule has 2 atom stereocenters. The Morgan fingerprint density at radius 1 is 1.33 bits per heavy atom. The molecular formula is C9H19N3. The molecule has 3 heterocycles. The van der Waals surface area contributed by atoms with Gasteiger partial charge in [0, 0.05) is 44.8 Å². The maximum atomic E-state index is 6.07. The van der Waals surface area contributed by atoms with Gasteiger partial charge in [0.1, 0.15) is 0 Å². The van der Waals surface area contributed by atoms with Gasteiger partial charge in [-0.3, -0.25) is 9.80 Å². The van der Waals surface area contributed by atoms with Crippen LogP contribution < -0.4 is 5.73 Å². The molecule has 3 heteroatoms. The summed E-state index contributed by atoms with van der Waals surface area (Å²) in [6.07, 6.45) is 1.11. The third-order valence-corrected chi connectivity index (χ3v) is 3.29. The van der Waals surface area contributed by atoms with E-state index in [-0.39, 0.29) is 0 Å². The smallest absolute Gasteiger partial charge is 0.0375 e. The van der Waals surface area contributed by atoms with E-state index in [1.54, 1.807) is 0 Å². The fraction of sp³-hybridized carbons (Fsp3) is 1.00. The number of nitrogens with zero attached hydrogens (tertiary/aromatic N) is 2. The van der Waals surface area contributed by atoms with Gasteiger partial charge in [-0.25, -0.2) is 0 Å². The van der Waals surface area contributed by atoms with Crippen LogP contribution in [-0.4, -0.2) is 54.6 Å². The molecule has 3 saturated heterocycles. The molecule has 0 aliphatic carbocycles. The minimum atomic E-state index is 0.382. The van der Waals surface area contributed by atoms with Crippen molar-refractivity contribution < 1.29 is 0 Å². The van der Waals surface area contributed by atoms with Gasteiger partial charge in [-0.1, -0.05) is 6.92 Å². The average molecular weight is 169 g/mol. The van der Waals surface area contributed by atoms with Crippen LogP contribution in [0.2, 0.25) is 0 Å². The Morgan fingerprint density at radius 2 is 2.00 bits per heavy atom. The normalized spacial score (nSPS) is 43.0. The second-order valence-electron chi connectivity index (χ2n) is 3.98. The first kappa shape index (κ1) is 8.48. The summed E-state index contributed by atoms with van der Waals surface area (Å²) in [6, 6.07) is 1.02. The van der Waals surface area contributed by atoms with Crippen LogP contribution in [-0.2, 0) is 0 Å². The second kappa shape index (κ2) is 3.32. The largest absolute Gasteiger partial charge is 0.326 e. The number of nitrogens with two attached hydrogens (primary N) is 1. The van der Waals surface area contributed by atoms with E-state index in [1.165, 1.54) is 32.7 Å². The standard InChI is InChI=1S/C9H19N3/c1-2-8(10)9-7-11-3-5-12(9)6-4-11/h8-9H,2-7,10H2,1H3/t8-,9?/m0/s1. The van der Waals surface area contributed by atoms with E-state index < -0.39 is 0 Å². The molecule has 70 valence electrons. The van der Waals surface area contributed by atoms with Crippen molar-refractivity contribution >= 4 is 0 Å². The summed E-state index contributed by atoms with van der Waals surface area (Å²) in [5, 5.41) is 0. The van der Waals surface area contributed by atoms with Gasteiger partial charge >= 0.3 is 0 Å². The molecular weight excluding hydrogens is 150 g/mol. The molecule has 12 heavy (non-hydrogen) atoms. The Hall–Kier alpha value is -0.120. The Bertz CT molecular complexity index is 152. The highest BCUT2D eigenvalue weighted by Gasteiger charge is 2.34. The highest BCUT2D eigenvalue weighted by atomic mass is 15.3. The van der Waals surface area contributed by atoms with Crippen molar-refractivity contribution in [1.29, 1.82) is 0 Å². The maximum Gasteiger partial charge on any atom is 0.0375 e. The van der Waals surface area contributed by atoms with Gasteiger partial charge in [0.2, 0.25) is 0 Å². The third kappa shape index (κ3) is 1.37. The predicted octanol–water partition coefficient (Wildman–Crippen LogP) is -0.276. The highest BCUT2D eigenvalue weighted by molar-refractivity contribution is 4.92. The van der Waals surface area contributed by atoms with Crippen molar-refractivity contribution in [2.45, 2.75) is 25.4 Å². The van der Waals surface area contributed by atoms with Crippen molar-refractivity contribution in [2.24, 2.45) is 5.73 Å². The molecule has 0 amide bonds. The van der Waals surface area contributed by atoms with Gasteiger partial charge in [-0.15, -0.1) is 0 Å². The van der Waals surface area contributed by atoms with E-state index in [1.807, 2.05) is 0 Å². The first-order valence-corrected chi connectivity index (χ1v) is 5.03. The van der Waals surface area contributed by atoms with E-state index in [9.17, 15) is 0 Å².